The maximum absolute atomic E-state index is 11.5. The number of rotatable bonds is 8. The molecule has 0 amide bonds. The van der Waals surface area contributed by atoms with Crippen molar-refractivity contribution in [2.24, 2.45) is 0 Å². The number of ether oxygens (including phenoxy) is 3. The van der Waals surface area contributed by atoms with Gasteiger partial charge in [0.1, 0.15) is 24.0 Å². The zero-order valence-electron chi connectivity index (χ0n) is 18.2. The molecular weight excluding hydrogens is 458 g/mol. The minimum atomic E-state index is -2.09. The second kappa shape index (κ2) is 9.79. The average molecular weight is 482 g/mol. The van der Waals surface area contributed by atoms with E-state index in [4.69, 9.17) is 25.8 Å². The fourth-order valence-corrected chi connectivity index (χ4v) is 4.32. The van der Waals surface area contributed by atoms with Gasteiger partial charge in [0, 0.05) is 12.4 Å². The van der Waals surface area contributed by atoms with Crippen LogP contribution in [0.15, 0.2) is 79.3 Å². The Labute approximate surface area is 201 Å². The van der Waals surface area contributed by atoms with Gasteiger partial charge < -0.3 is 24.4 Å². The topological polar surface area (TPSA) is 98.3 Å². The number of halogens is 1. The van der Waals surface area contributed by atoms with E-state index in [1.807, 2.05) is 60.7 Å². The van der Waals surface area contributed by atoms with E-state index in [0.717, 1.165) is 11.1 Å². The molecule has 5 rings (SSSR count). The summed E-state index contributed by atoms with van der Waals surface area (Å²) in [6.07, 6.45) is 1.48. The van der Waals surface area contributed by atoms with Crippen LogP contribution in [0.2, 0.25) is 5.15 Å². The van der Waals surface area contributed by atoms with Crippen molar-refractivity contribution in [1.82, 2.24) is 14.4 Å². The van der Waals surface area contributed by atoms with Gasteiger partial charge >= 0.3 is 0 Å². The van der Waals surface area contributed by atoms with Crippen molar-refractivity contribution in [3.05, 3.63) is 101 Å². The molecule has 2 N–H and O–H groups in total. The van der Waals surface area contributed by atoms with Crippen molar-refractivity contribution >= 4 is 17.2 Å². The van der Waals surface area contributed by atoms with E-state index >= 15 is 0 Å². The quantitative estimate of drug-likeness (QED) is 0.399. The maximum Gasteiger partial charge on any atom is 0.239 e. The Morgan fingerprint density at radius 1 is 1.00 bits per heavy atom. The third-order valence-corrected chi connectivity index (χ3v) is 6.11. The van der Waals surface area contributed by atoms with E-state index in [1.54, 1.807) is 10.6 Å². The van der Waals surface area contributed by atoms with Crippen molar-refractivity contribution < 1.29 is 24.4 Å². The predicted octanol–water partition coefficient (Wildman–Crippen LogP) is 3.09. The molecule has 1 aliphatic heterocycles. The standard InChI is InChI=1S/C25H24ClN3O5/c26-23-24-28-13-20(29(24)12-11-27-23)25(31)22(30)21(33-15-18-9-5-2-6-10-18)19(34-25)16-32-14-17-7-3-1-4-8-17/h1-13,19,21-22,30-31H,14-16H2/t19-,21-,22-,25?/m1/s1. The van der Waals surface area contributed by atoms with Crippen LogP contribution in [-0.2, 0) is 33.2 Å². The molecule has 34 heavy (non-hydrogen) atoms. The van der Waals surface area contributed by atoms with Gasteiger partial charge in [0.05, 0.1) is 26.0 Å². The number of benzene rings is 2. The van der Waals surface area contributed by atoms with Gasteiger partial charge in [0.2, 0.25) is 5.79 Å². The van der Waals surface area contributed by atoms with Crippen LogP contribution in [0.5, 0.6) is 0 Å². The number of fused-ring (bicyclic) bond motifs is 1. The highest BCUT2D eigenvalue weighted by Crippen LogP contribution is 2.40. The molecule has 1 fully saturated rings. The van der Waals surface area contributed by atoms with Crippen molar-refractivity contribution in [3.8, 4) is 0 Å². The van der Waals surface area contributed by atoms with Crippen LogP contribution < -0.4 is 0 Å². The summed E-state index contributed by atoms with van der Waals surface area (Å²) in [6.45, 7) is 0.699. The number of nitrogens with zero attached hydrogens (tertiary/aromatic N) is 3. The fraction of sp³-hybridized carbons (Fsp3) is 0.280. The van der Waals surface area contributed by atoms with Gasteiger partial charge in [0.15, 0.2) is 10.8 Å². The van der Waals surface area contributed by atoms with Crippen LogP contribution in [0.1, 0.15) is 16.8 Å². The summed E-state index contributed by atoms with van der Waals surface area (Å²) in [4.78, 5) is 8.24. The van der Waals surface area contributed by atoms with Crippen molar-refractivity contribution in [3.63, 3.8) is 0 Å². The summed E-state index contributed by atoms with van der Waals surface area (Å²) in [5, 5.41) is 22.9. The SMILES string of the molecule is O[C@@H]1[C@H](OCc2ccccc2)[C@@H](COCc2ccccc2)OC1(O)c1cnc2c(Cl)nccn12. The zero-order valence-corrected chi connectivity index (χ0v) is 19.0. The first-order valence-corrected chi connectivity index (χ1v) is 11.3. The largest absolute Gasteiger partial charge is 0.384 e. The molecule has 2 aromatic carbocycles. The first-order chi connectivity index (χ1) is 16.6. The first kappa shape index (κ1) is 22.9. The van der Waals surface area contributed by atoms with Gasteiger partial charge in [-0.05, 0) is 11.1 Å². The molecule has 1 unspecified atom stereocenters. The van der Waals surface area contributed by atoms with Gasteiger partial charge in [-0.15, -0.1) is 0 Å². The number of aromatic nitrogens is 3. The van der Waals surface area contributed by atoms with E-state index < -0.39 is 24.1 Å². The Kier molecular flexibility index (Phi) is 6.60. The minimum Gasteiger partial charge on any atom is -0.384 e. The second-order valence-electron chi connectivity index (χ2n) is 8.11. The fourth-order valence-electron chi connectivity index (χ4n) is 4.12. The molecule has 0 radical (unpaired) electrons. The Hall–Kier alpha value is -2.85. The van der Waals surface area contributed by atoms with Gasteiger partial charge in [-0.25, -0.2) is 9.97 Å². The van der Waals surface area contributed by atoms with E-state index in [-0.39, 0.29) is 24.1 Å². The summed E-state index contributed by atoms with van der Waals surface area (Å²) >= 11 is 6.14. The summed E-state index contributed by atoms with van der Waals surface area (Å²) in [6, 6.07) is 19.3. The number of aliphatic hydroxyl groups excluding tert-OH is 1. The van der Waals surface area contributed by atoms with E-state index in [2.05, 4.69) is 9.97 Å². The molecule has 4 atom stereocenters. The summed E-state index contributed by atoms with van der Waals surface area (Å²) in [5.41, 5.74) is 2.50. The number of aliphatic hydroxyl groups is 2. The molecule has 9 heteroatoms. The minimum absolute atomic E-state index is 0.104. The molecule has 0 aliphatic carbocycles. The Morgan fingerprint density at radius 2 is 1.68 bits per heavy atom. The molecule has 1 saturated heterocycles. The first-order valence-electron chi connectivity index (χ1n) is 10.9. The Balaban J connectivity index is 1.39. The normalized spacial score (nSPS) is 24.6. The summed E-state index contributed by atoms with van der Waals surface area (Å²) in [5.74, 6) is -2.09. The maximum atomic E-state index is 11.5. The molecular formula is C25H24ClN3O5. The van der Waals surface area contributed by atoms with E-state index in [0.29, 0.717) is 12.3 Å². The van der Waals surface area contributed by atoms with Crippen LogP contribution in [-0.4, -0.2) is 49.5 Å². The monoisotopic (exact) mass is 481 g/mol. The average Bonchev–Trinajstić information content (AvgIpc) is 3.40. The lowest BCUT2D eigenvalue weighted by Crippen LogP contribution is -2.42. The molecule has 0 bridgehead atoms. The molecule has 2 aromatic heterocycles. The molecule has 8 nitrogen and oxygen atoms in total. The number of hydrogen-bond acceptors (Lipinski definition) is 7. The predicted molar refractivity (Wildman–Crippen MR) is 124 cm³/mol. The third kappa shape index (κ3) is 4.44. The summed E-state index contributed by atoms with van der Waals surface area (Å²) in [7, 11) is 0. The van der Waals surface area contributed by atoms with Gasteiger partial charge in [-0.2, -0.15) is 0 Å². The second-order valence-corrected chi connectivity index (χ2v) is 8.47. The Bertz CT molecular complexity index is 1240. The molecule has 4 aromatic rings. The molecule has 1 aliphatic rings. The summed E-state index contributed by atoms with van der Waals surface area (Å²) < 4.78 is 19.5. The molecule has 3 heterocycles. The van der Waals surface area contributed by atoms with E-state index in [1.165, 1.54) is 12.4 Å². The van der Waals surface area contributed by atoms with E-state index in [9.17, 15) is 10.2 Å². The zero-order chi connectivity index (χ0) is 23.5. The van der Waals surface area contributed by atoms with Gasteiger partial charge in [-0.3, -0.25) is 4.40 Å². The number of hydrogen-bond donors (Lipinski definition) is 2. The van der Waals surface area contributed by atoms with Crippen LogP contribution >= 0.6 is 11.6 Å². The Morgan fingerprint density at radius 3 is 2.38 bits per heavy atom. The van der Waals surface area contributed by atoms with Crippen molar-refractivity contribution in [2.75, 3.05) is 6.61 Å². The van der Waals surface area contributed by atoms with Crippen LogP contribution in [0.3, 0.4) is 0 Å². The number of imidazole rings is 1. The molecule has 176 valence electrons. The highest BCUT2D eigenvalue weighted by atomic mass is 35.5. The molecule has 0 spiro atoms. The third-order valence-electron chi connectivity index (χ3n) is 5.84. The highest BCUT2D eigenvalue weighted by Gasteiger charge is 2.57. The van der Waals surface area contributed by atoms with Crippen LogP contribution in [0, 0.1) is 0 Å². The van der Waals surface area contributed by atoms with Crippen molar-refractivity contribution in [1.29, 1.82) is 0 Å². The van der Waals surface area contributed by atoms with Crippen LogP contribution in [0.25, 0.3) is 5.65 Å². The van der Waals surface area contributed by atoms with Crippen LogP contribution in [0.4, 0.5) is 0 Å². The van der Waals surface area contributed by atoms with Gasteiger partial charge in [0.25, 0.3) is 0 Å². The molecule has 0 saturated carbocycles. The smallest absolute Gasteiger partial charge is 0.239 e. The lowest BCUT2D eigenvalue weighted by Gasteiger charge is -2.26. The van der Waals surface area contributed by atoms with Gasteiger partial charge in [-0.1, -0.05) is 72.3 Å². The highest BCUT2D eigenvalue weighted by molar-refractivity contribution is 6.32. The van der Waals surface area contributed by atoms with Crippen molar-refractivity contribution in [2.45, 2.75) is 37.3 Å². The lowest BCUT2D eigenvalue weighted by atomic mass is 10.0. The lowest BCUT2D eigenvalue weighted by molar-refractivity contribution is -0.244.